The van der Waals surface area contributed by atoms with E-state index < -0.39 is 0 Å². The Balaban J connectivity index is 1.46. The molecule has 1 fully saturated rings. The van der Waals surface area contributed by atoms with Crippen molar-refractivity contribution < 1.29 is 4.74 Å². The first kappa shape index (κ1) is 17.3. The molecule has 1 atom stereocenters. The standard InChI is InChI=1S/C20H20N6OS/c1-14-11-28-18-17(14)21-12-22-20(18)26-7-8-27-10-16(26)19-23-13-25(24-19)9-15-5-3-2-4-6-15/h2-6,11-13,16H,7-10H2,1H3/t16-/m0/s1. The minimum atomic E-state index is -0.0636. The van der Waals surface area contributed by atoms with Gasteiger partial charge in [-0.15, -0.1) is 11.3 Å². The molecule has 4 heterocycles. The predicted molar refractivity (Wildman–Crippen MR) is 109 cm³/mol. The number of aryl methyl sites for hydroxylation is 1. The maximum Gasteiger partial charge on any atom is 0.175 e. The molecule has 7 nitrogen and oxygen atoms in total. The van der Waals surface area contributed by atoms with Gasteiger partial charge in [0.2, 0.25) is 0 Å². The average Bonchev–Trinajstić information content (AvgIpc) is 3.36. The summed E-state index contributed by atoms with van der Waals surface area (Å²) in [7, 11) is 0. The molecule has 0 N–H and O–H groups in total. The topological polar surface area (TPSA) is 69.0 Å². The summed E-state index contributed by atoms with van der Waals surface area (Å²) in [4.78, 5) is 15.9. The van der Waals surface area contributed by atoms with E-state index in [0.29, 0.717) is 19.8 Å². The zero-order chi connectivity index (χ0) is 18.9. The lowest BCUT2D eigenvalue weighted by atomic mass is 10.2. The van der Waals surface area contributed by atoms with Crippen LogP contribution >= 0.6 is 11.3 Å². The molecule has 0 spiro atoms. The second-order valence-corrected chi connectivity index (χ2v) is 7.74. The highest BCUT2D eigenvalue weighted by Crippen LogP contribution is 2.35. The van der Waals surface area contributed by atoms with Crippen LogP contribution in [0.25, 0.3) is 10.2 Å². The highest BCUT2D eigenvalue weighted by atomic mass is 32.1. The van der Waals surface area contributed by atoms with E-state index in [4.69, 9.17) is 9.84 Å². The Kier molecular flexibility index (Phi) is 4.50. The number of aromatic nitrogens is 5. The van der Waals surface area contributed by atoms with Crippen LogP contribution in [0.3, 0.4) is 0 Å². The number of hydrogen-bond acceptors (Lipinski definition) is 7. The van der Waals surface area contributed by atoms with Crippen LogP contribution in [0.15, 0.2) is 48.4 Å². The molecular weight excluding hydrogens is 372 g/mol. The van der Waals surface area contributed by atoms with Crippen LogP contribution in [-0.2, 0) is 11.3 Å². The molecule has 0 aliphatic carbocycles. The SMILES string of the molecule is Cc1csc2c(N3CCOC[C@H]3c3ncn(Cc4ccccc4)n3)ncnc12. The number of rotatable bonds is 4. The third-order valence-electron chi connectivity index (χ3n) is 4.95. The van der Waals surface area contributed by atoms with Gasteiger partial charge in [0, 0.05) is 6.54 Å². The maximum atomic E-state index is 5.76. The molecule has 1 aliphatic rings. The number of nitrogens with zero attached hydrogens (tertiary/aromatic N) is 6. The van der Waals surface area contributed by atoms with Crippen LogP contribution in [0, 0.1) is 6.92 Å². The van der Waals surface area contributed by atoms with Crippen LogP contribution < -0.4 is 4.90 Å². The van der Waals surface area contributed by atoms with Gasteiger partial charge in [-0.05, 0) is 23.4 Å². The third kappa shape index (κ3) is 3.14. The van der Waals surface area contributed by atoms with E-state index in [1.807, 2.05) is 22.9 Å². The molecule has 1 aliphatic heterocycles. The van der Waals surface area contributed by atoms with Crippen molar-refractivity contribution in [2.24, 2.45) is 0 Å². The van der Waals surface area contributed by atoms with Gasteiger partial charge in [-0.3, -0.25) is 0 Å². The highest BCUT2D eigenvalue weighted by molar-refractivity contribution is 7.18. The number of morpholine rings is 1. The van der Waals surface area contributed by atoms with Crippen molar-refractivity contribution in [1.29, 1.82) is 0 Å². The van der Waals surface area contributed by atoms with Crippen molar-refractivity contribution in [3.05, 3.63) is 65.3 Å². The van der Waals surface area contributed by atoms with Crippen LogP contribution in [-0.4, -0.2) is 44.5 Å². The largest absolute Gasteiger partial charge is 0.377 e. The molecule has 28 heavy (non-hydrogen) atoms. The molecule has 5 rings (SSSR count). The zero-order valence-electron chi connectivity index (χ0n) is 15.5. The summed E-state index contributed by atoms with van der Waals surface area (Å²) in [5.41, 5.74) is 3.39. The van der Waals surface area contributed by atoms with E-state index in [-0.39, 0.29) is 6.04 Å². The lowest BCUT2D eigenvalue weighted by molar-refractivity contribution is 0.0914. The minimum absolute atomic E-state index is 0.0636. The van der Waals surface area contributed by atoms with Crippen LogP contribution in [0.4, 0.5) is 5.82 Å². The summed E-state index contributed by atoms with van der Waals surface area (Å²) < 4.78 is 8.75. The normalized spacial score (nSPS) is 17.3. The number of anilines is 1. The maximum absolute atomic E-state index is 5.76. The summed E-state index contributed by atoms with van der Waals surface area (Å²) in [5, 5.41) is 6.86. The van der Waals surface area contributed by atoms with Gasteiger partial charge in [0.05, 0.1) is 30.0 Å². The van der Waals surface area contributed by atoms with Gasteiger partial charge >= 0.3 is 0 Å². The highest BCUT2D eigenvalue weighted by Gasteiger charge is 2.30. The van der Waals surface area contributed by atoms with E-state index in [1.54, 1.807) is 24.0 Å². The van der Waals surface area contributed by atoms with Crippen molar-refractivity contribution in [3.8, 4) is 0 Å². The van der Waals surface area contributed by atoms with E-state index >= 15 is 0 Å². The number of fused-ring (bicyclic) bond motifs is 1. The van der Waals surface area contributed by atoms with E-state index in [2.05, 4.69) is 44.3 Å². The van der Waals surface area contributed by atoms with Crippen molar-refractivity contribution in [2.75, 3.05) is 24.7 Å². The summed E-state index contributed by atoms with van der Waals surface area (Å²) >= 11 is 1.68. The fourth-order valence-electron chi connectivity index (χ4n) is 3.54. The van der Waals surface area contributed by atoms with E-state index in [0.717, 1.165) is 28.4 Å². The van der Waals surface area contributed by atoms with Crippen LogP contribution in [0.5, 0.6) is 0 Å². The first-order chi connectivity index (χ1) is 13.8. The molecule has 0 saturated carbocycles. The first-order valence-corrected chi connectivity index (χ1v) is 10.1. The van der Waals surface area contributed by atoms with Gasteiger partial charge < -0.3 is 9.64 Å². The lowest BCUT2D eigenvalue weighted by Crippen LogP contribution is -2.40. The molecule has 0 bridgehead atoms. The van der Waals surface area contributed by atoms with Gasteiger partial charge in [0.15, 0.2) is 11.6 Å². The van der Waals surface area contributed by atoms with Gasteiger partial charge in [-0.2, -0.15) is 5.10 Å². The molecule has 0 radical (unpaired) electrons. The molecule has 1 aromatic carbocycles. The average molecular weight is 392 g/mol. The van der Waals surface area contributed by atoms with Gasteiger partial charge in [0.1, 0.15) is 18.7 Å². The molecule has 0 unspecified atom stereocenters. The first-order valence-electron chi connectivity index (χ1n) is 9.26. The van der Waals surface area contributed by atoms with Crippen LogP contribution in [0.1, 0.15) is 23.0 Å². The molecular formula is C20H20N6OS. The Morgan fingerprint density at radius 2 is 2.07 bits per heavy atom. The smallest absolute Gasteiger partial charge is 0.175 e. The van der Waals surface area contributed by atoms with E-state index in [1.165, 1.54) is 11.1 Å². The summed E-state index contributed by atoms with van der Waals surface area (Å²) in [6.07, 6.45) is 3.44. The Bertz CT molecular complexity index is 1090. The van der Waals surface area contributed by atoms with Crippen molar-refractivity contribution >= 4 is 27.4 Å². The fourth-order valence-corrected chi connectivity index (χ4v) is 4.55. The summed E-state index contributed by atoms with van der Waals surface area (Å²) in [6, 6.07) is 10.2. The van der Waals surface area contributed by atoms with Gasteiger partial charge in [-0.1, -0.05) is 30.3 Å². The second-order valence-electron chi connectivity index (χ2n) is 6.86. The number of benzene rings is 1. The number of thiophene rings is 1. The van der Waals surface area contributed by atoms with Crippen molar-refractivity contribution in [1.82, 2.24) is 24.7 Å². The Labute approximate surface area is 166 Å². The fraction of sp³-hybridized carbons (Fsp3) is 0.300. The number of hydrogen-bond donors (Lipinski definition) is 0. The third-order valence-corrected chi connectivity index (χ3v) is 6.04. The van der Waals surface area contributed by atoms with Gasteiger partial charge in [-0.25, -0.2) is 19.6 Å². The molecule has 8 heteroatoms. The summed E-state index contributed by atoms with van der Waals surface area (Å²) in [5.74, 6) is 1.70. The predicted octanol–water partition coefficient (Wildman–Crippen LogP) is 3.22. The van der Waals surface area contributed by atoms with E-state index in [9.17, 15) is 0 Å². The Hall–Kier alpha value is -2.84. The molecule has 4 aromatic rings. The lowest BCUT2D eigenvalue weighted by Gasteiger charge is -2.34. The minimum Gasteiger partial charge on any atom is -0.377 e. The second kappa shape index (κ2) is 7.29. The summed E-state index contributed by atoms with van der Waals surface area (Å²) in [6.45, 7) is 4.74. The molecule has 3 aromatic heterocycles. The molecule has 1 saturated heterocycles. The molecule has 0 amide bonds. The van der Waals surface area contributed by atoms with Crippen molar-refractivity contribution in [3.63, 3.8) is 0 Å². The Morgan fingerprint density at radius 3 is 2.96 bits per heavy atom. The quantitative estimate of drug-likeness (QED) is 0.531. The van der Waals surface area contributed by atoms with Crippen molar-refractivity contribution in [2.45, 2.75) is 19.5 Å². The van der Waals surface area contributed by atoms with Crippen LogP contribution in [0.2, 0.25) is 0 Å². The monoisotopic (exact) mass is 392 g/mol. The van der Waals surface area contributed by atoms with Gasteiger partial charge in [0.25, 0.3) is 0 Å². The Morgan fingerprint density at radius 1 is 1.18 bits per heavy atom. The zero-order valence-corrected chi connectivity index (χ0v) is 16.3. The molecule has 142 valence electrons. The number of ether oxygens (including phenoxy) is 1.